The van der Waals surface area contributed by atoms with Crippen LogP contribution in [0.15, 0.2) is 27.8 Å². The van der Waals surface area contributed by atoms with Crippen LogP contribution in [0.5, 0.6) is 0 Å². The quantitative estimate of drug-likeness (QED) is 0.899. The van der Waals surface area contributed by atoms with Gasteiger partial charge < -0.3 is 14.8 Å². The molecule has 1 amide bonds. The zero-order valence-corrected chi connectivity index (χ0v) is 12.4. The van der Waals surface area contributed by atoms with Gasteiger partial charge >= 0.3 is 5.97 Å². The highest BCUT2D eigenvalue weighted by Gasteiger charge is 2.43. The van der Waals surface area contributed by atoms with E-state index in [0.717, 1.165) is 0 Å². The first kappa shape index (κ1) is 14.2. The summed E-state index contributed by atoms with van der Waals surface area (Å²) in [7, 11) is 0. The lowest BCUT2D eigenvalue weighted by Crippen LogP contribution is -2.41. The summed E-state index contributed by atoms with van der Waals surface area (Å²) in [6.45, 7) is 5.48. The summed E-state index contributed by atoms with van der Waals surface area (Å²) in [5, 5.41) is 12.6. The molecule has 0 spiro atoms. The van der Waals surface area contributed by atoms with Crippen molar-refractivity contribution in [3.05, 3.63) is 29.7 Å². The highest BCUT2D eigenvalue weighted by atomic mass is 16.4. The fourth-order valence-corrected chi connectivity index (χ4v) is 2.29. The normalized spacial score (nSPS) is 21.3. The summed E-state index contributed by atoms with van der Waals surface area (Å²) in [5.41, 5.74) is -0.561. The molecule has 7 nitrogen and oxygen atoms in total. The maximum Gasteiger partial charge on any atom is 0.338 e. The van der Waals surface area contributed by atoms with Crippen LogP contribution in [-0.4, -0.2) is 33.3 Å². The first-order chi connectivity index (χ1) is 10.3. The number of furan rings is 1. The van der Waals surface area contributed by atoms with Crippen molar-refractivity contribution < 1.29 is 19.1 Å². The number of rotatable bonds is 3. The van der Waals surface area contributed by atoms with E-state index in [1.54, 1.807) is 13.0 Å². The number of aromatic nitrogens is 1. The van der Waals surface area contributed by atoms with Crippen LogP contribution >= 0.6 is 0 Å². The molecule has 1 unspecified atom stereocenters. The van der Waals surface area contributed by atoms with Gasteiger partial charge in [0.1, 0.15) is 11.2 Å². The Morgan fingerprint density at radius 3 is 2.77 bits per heavy atom. The van der Waals surface area contributed by atoms with Gasteiger partial charge in [-0.25, -0.2) is 14.8 Å². The van der Waals surface area contributed by atoms with E-state index in [9.17, 15) is 14.7 Å². The molecule has 0 fully saturated rings. The first-order valence-electron chi connectivity index (χ1n) is 6.86. The van der Waals surface area contributed by atoms with Crippen LogP contribution in [0.2, 0.25) is 0 Å². The fourth-order valence-electron chi connectivity index (χ4n) is 2.29. The monoisotopic (exact) mass is 301 g/mol. The van der Waals surface area contributed by atoms with Gasteiger partial charge in [-0.15, -0.1) is 0 Å². The Labute approximate surface area is 126 Å². The smallest absolute Gasteiger partial charge is 0.338 e. The standard InChI is InChI=1S/C15H15N3O4/c1-7(2)15(3)14(21)17-11(18-15)10-9(13(19)20)6-8-4-5-22-12(8)16-10/h4-7H,1-3H3,(H,19,20)(H,17,18,21). The van der Waals surface area contributed by atoms with E-state index in [2.05, 4.69) is 15.3 Å². The number of amides is 1. The van der Waals surface area contributed by atoms with E-state index in [1.165, 1.54) is 12.3 Å². The predicted molar refractivity (Wildman–Crippen MR) is 78.9 cm³/mol. The van der Waals surface area contributed by atoms with Gasteiger partial charge in [-0.05, 0) is 25.0 Å². The minimum absolute atomic E-state index is 0.0269. The van der Waals surface area contributed by atoms with E-state index in [1.807, 2.05) is 13.8 Å². The van der Waals surface area contributed by atoms with E-state index < -0.39 is 11.5 Å². The maximum atomic E-state index is 12.2. The minimum Gasteiger partial charge on any atom is -0.478 e. The van der Waals surface area contributed by atoms with Crippen molar-refractivity contribution in [1.82, 2.24) is 10.3 Å². The highest BCUT2D eigenvalue weighted by molar-refractivity contribution is 6.18. The lowest BCUT2D eigenvalue weighted by atomic mass is 9.89. The second kappa shape index (κ2) is 4.66. The van der Waals surface area contributed by atoms with Crippen molar-refractivity contribution in [3.8, 4) is 0 Å². The Bertz CT molecular complexity index is 821. The fraction of sp³-hybridized carbons (Fsp3) is 0.333. The molecule has 114 valence electrons. The number of nitrogens with one attached hydrogen (secondary N) is 1. The number of hydrogen-bond donors (Lipinski definition) is 2. The van der Waals surface area contributed by atoms with Gasteiger partial charge in [-0.2, -0.15) is 0 Å². The molecule has 0 aliphatic carbocycles. The third-order valence-corrected chi connectivity index (χ3v) is 4.06. The number of aromatic carboxylic acids is 1. The Kier molecular flexibility index (Phi) is 3.01. The zero-order valence-electron chi connectivity index (χ0n) is 12.4. The largest absolute Gasteiger partial charge is 0.478 e. The number of hydrogen-bond acceptors (Lipinski definition) is 5. The molecular formula is C15H15N3O4. The number of carboxylic acid groups (broad SMARTS) is 1. The number of amidine groups is 1. The molecule has 2 N–H and O–H groups in total. The predicted octanol–water partition coefficient (Wildman–Crippen LogP) is 1.82. The van der Waals surface area contributed by atoms with Gasteiger partial charge in [0.05, 0.1) is 11.8 Å². The maximum absolute atomic E-state index is 12.2. The summed E-state index contributed by atoms with van der Waals surface area (Å²) >= 11 is 0. The molecule has 1 aliphatic heterocycles. The van der Waals surface area contributed by atoms with Crippen molar-refractivity contribution in [2.24, 2.45) is 10.9 Å². The second-order valence-corrected chi connectivity index (χ2v) is 5.72. The summed E-state index contributed by atoms with van der Waals surface area (Å²) < 4.78 is 5.21. The molecular weight excluding hydrogens is 286 g/mol. The minimum atomic E-state index is -1.14. The van der Waals surface area contributed by atoms with Gasteiger partial charge in [-0.3, -0.25) is 4.79 Å². The average molecular weight is 301 g/mol. The summed E-state index contributed by atoms with van der Waals surface area (Å²) in [6.07, 6.45) is 1.43. The van der Waals surface area contributed by atoms with Crippen molar-refractivity contribution >= 4 is 28.8 Å². The second-order valence-electron chi connectivity index (χ2n) is 5.72. The van der Waals surface area contributed by atoms with E-state index in [4.69, 9.17) is 4.42 Å². The van der Waals surface area contributed by atoms with E-state index in [-0.39, 0.29) is 28.9 Å². The Morgan fingerprint density at radius 1 is 1.45 bits per heavy atom. The third kappa shape index (κ3) is 1.97. The molecule has 0 bridgehead atoms. The molecule has 0 radical (unpaired) electrons. The van der Waals surface area contributed by atoms with Crippen molar-refractivity contribution in [2.45, 2.75) is 26.3 Å². The van der Waals surface area contributed by atoms with Gasteiger partial charge in [0, 0.05) is 5.39 Å². The molecule has 0 saturated heterocycles. The first-order valence-corrected chi connectivity index (χ1v) is 6.86. The lowest BCUT2D eigenvalue weighted by Gasteiger charge is -2.21. The molecule has 0 saturated carbocycles. The van der Waals surface area contributed by atoms with Crippen molar-refractivity contribution in [2.75, 3.05) is 0 Å². The summed E-state index contributed by atoms with van der Waals surface area (Å²) in [6, 6.07) is 3.09. The van der Waals surface area contributed by atoms with Crippen LogP contribution in [0.25, 0.3) is 11.1 Å². The topological polar surface area (TPSA) is 105 Å². The molecule has 2 aromatic heterocycles. The SMILES string of the molecule is CC(C)C1(C)N=C(c2nc3occc3cc2C(=O)O)NC1=O. The molecule has 3 heterocycles. The summed E-state index contributed by atoms with van der Waals surface area (Å²) in [4.78, 5) is 32.3. The molecule has 1 atom stereocenters. The Hall–Kier alpha value is -2.70. The van der Waals surface area contributed by atoms with Gasteiger partial charge in [-0.1, -0.05) is 13.8 Å². The molecule has 0 aromatic carbocycles. The molecule has 2 aromatic rings. The van der Waals surface area contributed by atoms with E-state index >= 15 is 0 Å². The number of carbonyl (C=O) groups excluding carboxylic acids is 1. The highest BCUT2D eigenvalue weighted by Crippen LogP contribution is 2.28. The van der Waals surface area contributed by atoms with Crippen LogP contribution in [-0.2, 0) is 4.79 Å². The number of carboxylic acids is 1. The van der Waals surface area contributed by atoms with Crippen LogP contribution < -0.4 is 5.32 Å². The molecule has 22 heavy (non-hydrogen) atoms. The average Bonchev–Trinajstić information content (AvgIpc) is 3.02. The van der Waals surface area contributed by atoms with Crippen LogP contribution in [0.4, 0.5) is 0 Å². The molecule has 3 rings (SSSR count). The Balaban J connectivity index is 2.19. The van der Waals surface area contributed by atoms with Gasteiger partial charge in [0.15, 0.2) is 5.84 Å². The van der Waals surface area contributed by atoms with E-state index in [0.29, 0.717) is 11.1 Å². The Morgan fingerprint density at radius 2 is 2.18 bits per heavy atom. The van der Waals surface area contributed by atoms with Crippen LogP contribution in [0.3, 0.4) is 0 Å². The lowest BCUT2D eigenvalue weighted by molar-refractivity contribution is -0.124. The molecule has 7 heteroatoms. The number of nitrogens with zero attached hydrogens (tertiary/aromatic N) is 2. The number of pyridine rings is 1. The van der Waals surface area contributed by atoms with Crippen molar-refractivity contribution in [3.63, 3.8) is 0 Å². The van der Waals surface area contributed by atoms with Crippen molar-refractivity contribution in [1.29, 1.82) is 0 Å². The van der Waals surface area contributed by atoms with Crippen LogP contribution in [0, 0.1) is 5.92 Å². The number of fused-ring (bicyclic) bond motifs is 1. The number of carbonyl (C=O) groups is 2. The van der Waals surface area contributed by atoms with Gasteiger partial charge in [0.2, 0.25) is 5.71 Å². The summed E-state index contributed by atoms with van der Waals surface area (Å²) in [5.74, 6) is -1.28. The number of aliphatic imine (C=N–C) groups is 1. The molecule has 1 aliphatic rings. The van der Waals surface area contributed by atoms with Gasteiger partial charge in [0.25, 0.3) is 5.91 Å². The zero-order chi connectivity index (χ0) is 16.1. The van der Waals surface area contributed by atoms with Crippen LogP contribution in [0.1, 0.15) is 36.8 Å². The third-order valence-electron chi connectivity index (χ3n) is 4.06.